The van der Waals surface area contributed by atoms with Crippen molar-refractivity contribution in [3.63, 3.8) is 0 Å². The first-order valence-electron chi connectivity index (χ1n) is 11.7. The van der Waals surface area contributed by atoms with E-state index in [4.69, 9.17) is 9.47 Å². The van der Waals surface area contributed by atoms with Crippen molar-refractivity contribution in [3.05, 3.63) is 58.7 Å². The summed E-state index contributed by atoms with van der Waals surface area (Å²) < 4.78 is 11.7. The standard InChI is InChI=1S/C26H28N2O5S/c1-16-20-15-23-22(32-11-5-12-33-23)14-17(20)8-10-27(16)26(31)21(9-13-34-2)28-24(29)18-6-3-4-7-19(18)25(28)30/h3-4,6-7,14-16,21H,5,8-13H2,1-2H3/t16-,21+/m0/s1. The van der Waals surface area contributed by atoms with Gasteiger partial charge < -0.3 is 14.4 Å². The van der Waals surface area contributed by atoms with Crippen LogP contribution < -0.4 is 9.47 Å². The van der Waals surface area contributed by atoms with Gasteiger partial charge in [-0.25, -0.2) is 0 Å². The summed E-state index contributed by atoms with van der Waals surface area (Å²) in [5.74, 6) is 1.17. The molecule has 0 radical (unpaired) electrons. The van der Waals surface area contributed by atoms with E-state index >= 15 is 0 Å². The highest BCUT2D eigenvalue weighted by Crippen LogP contribution is 2.40. The van der Waals surface area contributed by atoms with Crippen molar-refractivity contribution >= 4 is 29.5 Å². The van der Waals surface area contributed by atoms with Gasteiger partial charge in [-0.15, -0.1) is 0 Å². The predicted octanol–water partition coefficient (Wildman–Crippen LogP) is 3.71. The molecule has 5 rings (SSSR count). The maximum absolute atomic E-state index is 13.9. The molecule has 0 unspecified atom stereocenters. The van der Waals surface area contributed by atoms with Gasteiger partial charge in [-0.1, -0.05) is 12.1 Å². The van der Waals surface area contributed by atoms with Gasteiger partial charge in [-0.3, -0.25) is 19.3 Å². The van der Waals surface area contributed by atoms with Crippen LogP contribution in [-0.2, 0) is 11.2 Å². The predicted molar refractivity (Wildman–Crippen MR) is 130 cm³/mol. The minimum Gasteiger partial charge on any atom is -0.490 e. The average Bonchev–Trinajstić information content (AvgIpc) is 2.98. The number of carbonyl (C=O) groups is 3. The number of thioether (sulfide) groups is 1. The second-order valence-corrected chi connectivity index (χ2v) is 9.81. The van der Waals surface area contributed by atoms with Gasteiger partial charge in [0, 0.05) is 13.0 Å². The third-order valence-corrected chi connectivity index (χ3v) is 7.49. The molecule has 3 heterocycles. The number of imide groups is 1. The molecule has 0 spiro atoms. The van der Waals surface area contributed by atoms with Crippen molar-refractivity contribution in [2.24, 2.45) is 0 Å². The lowest BCUT2D eigenvalue weighted by Crippen LogP contribution is -2.53. The topological polar surface area (TPSA) is 76.2 Å². The maximum atomic E-state index is 13.9. The van der Waals surface area contributed by atoms with E-state index in [2.05, 4.69) is 0 Å². The molecular weight excluding hydrogens is 452 g/mol. The molecule has 0 aliphatic carbocycles. The Hall–Kier alpha value is -3.00. The Labute approximate surface area is 203 Å². The normalized spacial score (nSPS) is 20.0. The van der Waals surface area contributed by atoms with Crippen LogP contribution in [0, 0.1) is 0 Å². The summed E-state index contributed by atoms with van der Waals surface area (Å²) >= 11 is 1.60. The van der Waals surface area contributed by atoms with Crippen molar-refractivity contribution in [2.45, 2.75) is 38.3 Å². The number of benzene rings is 2. The lowest BCUT2D eigenvalue weighted by Gasteiger charge is -2.39. The van der Waals surface area contributed by atoms with E-state index in [-0.39, 0.29) is 23.8 Å². The minimum atomic E-state index is -0.829. The molecule has 2 atom stereocenters. The molecule has 0 aromatic heterocycles. The van der Waals surface area contributed by atoms with Crippen LogP contribution in [0.25, 0.3) is 0 Å². The van der Waals surface area contributed by atoms with Gasteiger partial charge in [0.2, 0.25) is 5.91 Å². The molecule has 0 N–H and O–H groups in total. The van der Waals surface area contributed by atoms with E-state index in [0.717, 1.165) is 23.3 Å². The molecule has 7 nitrogen and oxygen atoms in total. The largest absolute Gasteiger partial charge is 0.490 e. The van der Waals surface area contributed by atoms with Gasteiger partial charge in [-0.05, 0) is 67.2 Å². The lowest BCUT2D eigenvalue weighted by atomic mass is 9.92. The Balaban J connectivity index is 1.45. The number of rotatable bonds is 5. The molecule has 3 amide bonds. The van der Waals surface area contributed by atoms with Crippen molar-refractivity contribution in [2.75, 3.05) is 31.8 Å². The van der Waals surface area contributed by atoms with Gasteiger partial charge in [0.05, 0.1) is 30.4 Å². The van der Waals surface area contributed by atoms with Crippen LogP contribution in [0.15, 0.2) is 36.4 Å². The molecule has 3 aliphatic rings. The molecule has 178 valence electrons. The Morgan fingerprint density at radius 2 is 1.74 bits per heavy atom. The molecule has 0 saturated heterocycles. The molecule has 2 aromatic rings. The molecule has 2 aromatic carbocycles. The zero-order valence-electron chi connectivity index (χ0n) is 19.4. The van der Waals surface area contributed by atoms with Gasteiger partial charge >= 0.3 is 0 Å². The van der Waals surface area contributed by atoms with Gasteiger partial charge in [0.15, 0.2) is 11.5 Å². The van der Waals surface area contributed by atoms with E-state index in [1.807, 2.05) is 25.3 Å². The summed E-state index contributed by atoms with van der Waals surface area (Å²) in [7, 11) is 0. The van der Waals surface area contributed by atoms with Crippen LogP contribution in [0.3, 0.4) is 0 Å². The highest BCUT2D eigenvalue weighted by molar-refractivity contribution is 7.98. The van der Waals surface area contributed by atoms with E-state index < -0.39 is 6.04 Å². The highest BCUT2D eigenvalue weighted by atomic mass is 32.2. The van der Waals surface area contributed by atoms with Crippen LogP contribution in [-0.4, -0.2) is 65.3 Å². The van der Waals surface area contributed by atoms with Gasteiger partial charge in [0.1, 0.15) is 6.04 Å². The Kier molecular flexibility index (Phi) is 6.25. The number of hydrogen-bond acceptors (Lipinski definition) is 6. The second kappa shape index (κ2) is 9.33. The summed E-state index contributed by atoms with van der Waals surface area (Å²) in [5.41, 5.74) is 2.90. The monoisotopic (exact) mass is 480 g/mol. The second-order valence-electron chi connectivity index (χ2n) is 8.83. The molecule has 8 heteroatoms. The van der Waals surface area contributed by atoms with Crippen molar-refractivity contribution in [1.82, 2.24) is 9.80 Å². The van der Waals surface area contributed by atoms with Crippen molar-refractivity contribution in [3.8, 4) is 11.5 Å². The first kappa shape index (κ1) is 22.8. The van der Waals surface area contributed by atoms with E-state index in [1.54, 1.807) is 40.9 Å². The van der Waals surface area contributed by atoms with Crippen molar-refractivity contribution < 1.29 is 23.9 Å². The summed E-state index contributed by atoms with van der Waals surface area (Å²) in [6.45, 7) is 3.74. The summed E-state index contributed by atoms with van der Waals surface area (Å²) in [5, 5.41) is 0. The fourth-order valence-electron chi connectivity index (χ4n) is 5.05. The van der Waals surface area contributed by atoms with Gasteiger partial charge in [-0.2, -0.15) is 11.8 Å². The average molecular weight is 481 g/mol. The fourth-order valence-corrected chi connectivity index (χ4v) is 5.51. The number of fused-ring (bicyclic) bond motifs is 3. The number of nitrogens with zero attached hydrogens (tertiary/aromatic N) is 2. The Morgan fingerprint density at radius 1 is 1.09 bits per heavy atom. The van der Waals surface area contributed by atoms with E-state index in [0.29, 0.717) is 55.2 Å². The Bertz CT molecular complexity index is 1120. The summed E-state index contributed by atoms with van der Waals surface area (Å²) in [4.78, 5) is 43.2. The summed E-state index contributed by atoms with van der Waals surface area (Å²) in [6, 6.07) is 9.76. The van der Waals surface area contributed by atoms with E-state index in [9.17, 15) is 14.4 Å². The number of amides is 3. The van der Waals surface area contributed by atoms with Crippen LogP contribution in [0.1, 0.15) is 57.7 Å². The minimum absolute atomic E-state index is 0.186. The number of carbonyl (C=O) groups excluding carboxylic acids is 3. The third-order valence-electron chi connectivity index (χ3n) is 6.85. The van der Waals surface area contributed by atoms with Crippen LogP contribution in [0.2, 0.25) is 0 Å². The molecular formula is C26H28N2O5S. The smallest absolute Gasteiger partial charge is 0.262 e. The van der Waals surface area contributed by atoms with Crippen molar-refractivity contribution in [1.29, 1.82) is 0 Å². The van der Waals surface area contributed by atoms with Crippen LogP contribution in [0.4, 0.5) is 0 Å². The zero-order chi connectivity index (χ0) is 23.8. The molecule has 0 bridgehead atoms. The van der Waals surface area contributed by atoms with Crippen LogP contribution in [0.5, 0.6) is 11.5 Å². The summed E-state index contributed by atoms with van der Waals surface area (Å²) in [6.07, 6.45) is 3.89. The molecule has 0 fully saturated rings. The van der Waals surface area contributed by atoms with Crippen LogP contribution >= 0.6 is 11.8 Å². The van der Waals surface area contributed by atoms with E-state index in [1.165, 1.54) is 4.90 Å². The first-order valence-corrected chi connectivity index (χ1v) is 13.1. The lowest BCUT2D eigenvalue weighted by molar-refractivity contribution is -0.138. The third kappa shape index (κ3) is 3.83. The van der Waals surface area contributed by atoms with Gasteiger partial charge in [0.25, 0.3) is 11.8 Å². The number of ether oxygens (including phenoxy) is 2. The Morgan fingerprint density at radius 3 is 2.38 bits per heavy atom. The fraction of sp³-hybridized carbons (Fsp3) is 0.423. The molecule has 3 aliphatic heterocycles. The SMILES string of the molecule is CSCC[C@H](C(=O)N1CCc2cc3c(cc2[C@@H]1C)OCCCO3)N1C(=O)c2ccccc2C1=O. The highest BCUT2D eigenvalue weighted by Gasteiger charge is 2.44. The molecule has 34 heavy (non-hydrogen) atoms. The zero-order valence-corrected chi connectivity index (χ0v) is 20.2. The quantitative estimate of drug-likeness (QED) is 0.608. The maximum Gasteiger partial charge on any atom is 0.262 e. The first-order chi connectivity index (χ1) is 16.5. The number of hydrogen-bond donors (Lipinski definition) is 0. The molecule has 0 saturated carbocycles.